The number of likely N-dealkylation sites (tertiary alicyclic amines) is 2. The molecule has 6 aromatic rings. The van der Waals surface area contributed by atoms with Crippen molar-refractivity contribution >= 4 is 90.6 Å². The van der Waals surface area contributed by atoms with Crippen molar-refractivity contribution in [1.29, 1.82) is 0 Å². The van der Waals surface area contributed by atoms with Crippen LogP contribution in [0.5, 0.6) is 0 Å². The Balaban J connectivity index is 0.954. The number of fused-ring (bicyclic) bond motifs is 4. The summed E-state index contributed by atoms with van der Waals surface area (Å²) < 4.78 is 0. The van der Waals surface area contributed by atoms with Crippen LogP contribution in [0.1, 0.15) is 162 Å². The van der Waals surface area contributed by atoms with E-state index in [9.17, 15) is 38.4 Å². The monoisotopic (exact) mass is 1290 g/mol. The highest BCUT2D eigenvalue weighted by molar-refractivity contribution is 6.06. The molecule has 22 heteroatoms. The summed E-state index contributed by atoms with van der Waals surface area (Å²) in [6.07, 6.45) is 13.3. The van der Waals surface area contributed by atoms with E-state index in [0.717, 1.165) is 43.4 Å². The van der Waals surface area contributed by atoms with E-state index in [1.165, 1.54) is 0 Å². The van der Waals surface area contributed by atoms with Gasteiger partial charge in [0.25, 0.3) is 11.8 Å². The topological polar surface area (TPSA) is 345 Å². The molecule has 0 spiro atoms. The van der Waals surface area contributed by atoms with Crippen LogP contribution in [0.15, 0.2) is 97.1 Å². The minimum atomic E-state index is -1.07. The Morgan fingerprint density at radius 1 is 0.457 bits per heavy atom. The quantitative estimate of drug-likeness (QED) is 0.0120. The first-order valence-electron chi connectivity index (χ1n) is 34.2. The number of aromatic nitrogens is 2. The molecule has 2 aliphatic heterocycles. The number of hydrogen-bond donors (Lipinski definition) is 10. The highest BCUT2D eigenvalue weighted by atomic mass is 16.2. The molecule has 94 heavy (non-hydrogen) atoms. The van der Waals surface area contributed by atoms with Crippen molar-refractivity contribution in [2.24, 2.45) is 22.9 Å². The average Bonchev–Trinajstić information content (AvgIpc) is 1.07. The van der Waals surface area contributed by atoms with E-state index in [2.05, 4.69) is 31.9 Å². The van der Waals surface area contributed by atoms with Gasteiger partial charge in [-0.2, -0.15) is 0 Å². The van der Waals surface area contributed by atoms with Gasteiger partial charge in [-0.15, -0.1) is 0 Å². The second kappa shape index (κ2) is 36.3. The van der Waals surface area contributed by atoms with Crippen molar-refractivity contribution in [2.75, 3.05) is 52.4 Å². The number of carbonyl (C=O) groups excluding carboxylic acids is 8. The summed E-state index contributed by atoms with van der Waals surface area (Å²) in [7, 11) is 0. The molecular weight excluding hydrogens is 1190 g/mol. The van der Waals surface area contributed by atoms with Gasteiger partial charge in [0.1, 0.15) is 36.3 Å². The van der Waals surface area contributed by atoms with Crippen molar-refractivity contribution in [1.82, 2.24) is 51.7 Å². The first-order valence-corrected chi connectivity index (χ1v) is 34.2. The first-order chi connectivity index (χ1) is 45.7. The van der Waals surface area contributed by atoms with E-state index >= 15 is 0 Å². The van der Waals surface area contributed by atoms with E-state index in [4.69, 9.17) is 32.9 Å². The van der Waals surface area contributed by atoms with Crippen LogP contribution in [0.3, 0.4) is 0 Å². The molecule has 0 radical (unpaired) electrons. The van der Waals surface area contributed by atoms with Crippen molar-refractivity contribution in [3.63, 3.8) is 0 Å². The summed E-state index contributed by atoms with van der Waals surface area (Å²) in [6.45, 7) is 6.82. The molecule has 8 amide bonds. The fraction of sp³-hybridized carbons (Fsp3) is 0.500. The third kappa shape index (κ3) is 19.1. The highest BCUT2D eigenvalue weighted by Crippen LogP contribution is 2.30. The number of benzene rings is 4. The number of unbranched alkanes of at least 4 members (excludes halogenated alkanes) is 4. The lowest BCUT2D eigenvalue weighted by Gasteiger charge is -2.28. The summed E-state index contributed by atoms with van der Waals surface area (Å²) in [5.41, 5.74) is 26.7. The van der Waals surface area contributed by atoms with E-state index in [-0.39, 0.29) is 36.5 Å². The molecule has 0 saturated carbocycles. The molecule has 2 aromatic heterocycles. The third-order valence-corrected chi connectivity index (χ3v) is 18.0. The summed E-state index contributed by atoms with van der Waals surface area (Å²) in [5, 5.41) is 23.4. The highest BCUT2D eigenvalue weighted by Gasteiger charge is 2.40. The maximum absolute atomic E-state index is 14.6. The maximum Gasteiger partial charge on any atom is 0.256 e. The third-order valence-electron chi connectivity index (χ3n) is 18.0. The lowest BCUT2D eigenvalue weighted by atomic mass is 10.0. The van der Waals surface area contributed by atoms with Crippen molar-refractivity contribution in [3.05, 3.63) is 120 Å². The van der Waals surface area contributed by atoms with E-state index in [1.807, 2.05) is 111 Å². The van der Waals surface area contributed by atoms with Crippen LogP contribution in [0.25, 0.3) is 43.4 Å². The number of carbonyl (C=O) groups is 8. The number of amides is 8. The fourth-order valence-electron chi connectivity index (χ4n) is 12.7. The second-order valence-corrected chi connectivity index (χ2v) is 24.8. The fourth-order valence-corrected chi connectivity index (χ4v) is 12.7. The van der Waals surface area contributed by atoms with Gasteiger partial charge >= 0.3 is 0 Å². The summed E-state index contributed by atoms with van der Waals surface area (Å²) in [6, 6.07) is 22.1. The van der Waals surface area contributed by atoms with Gasteiger partial charge in [0.2, 0.25) is 35.4 Å². The summed E-state index contributed by atoms with van der Waals surface area (Å²) >= 11 is 0. The van der Waals surface area contributed by atoms with Gasteiger partial charge in [0.15, 0.2) is 0 Å². The SMILES string of the molecule is CCc1nc2cc3ccccc3cc2cc1C(=O)N1CCC[C@H]1C(=O)N[C@@H](CCC/C=C/CCC[C@H](NC(=O)[C@@H]1CCCN1C(=O)c1cc2cc3ccccc3cc2nc1CC)C(=O)N[C@@H](CCCCN)C(=O)NCCCN)C(=O)N[C@@H](CCCCN)C(=O)NCCCN. The molecule has 0 aliphatic carbocycles. The largest absolute Gasteiger partial charge is 0.354 e. The normalized spacial score (nSPS) is 16.1. The average molecular weight is 1290 g/mol. The van der Waals surface area contributed by atoms with Crippen LogP contribution in [0.4, 0.5) is 0 Å². The zero-order valence-electron chi connectivity index (χ0n) is 54.9. The number of pyridine rings is 2. The van der Waals surface area contributed by atoms with E-state index < -0.39 is 59.9 Å². The maximum atomic E-state index is 14.6. The van der Waals surface area contributed by atoms with E-state index in [1.54, 1.807) is 9.80 Å². The Hall–Kier alpha value is -8.44. The van der Waals surface area contributed by atoms with Crippen molar-refractivity contribution in [3.8, 4) is 0 Å². The molecule has 0 unspecified atom stereocenters. The number of hydrogen-bond acceptors (Lipinski definition) is 14. The summed E-state index contributed by atoms with van der Waals surface area (Å²) in [4.78, 5) is 127. The molecule has 4 heterocycles. The Kier molecular flexibility index (Phi) is 27.6. The zero-order valence-corrected chi connectivity index (χ0v) is 54.9. The molecule has 14 N–H and O–H groups in total. The predicted octanol–water partition coefficient (Wildman–Crippen LogP) is 6.15. The predicted molar refractivity (Wildman–Crippen MR) is 369 cm³/mol. The molecule has 8 rings (SSSR count). The summed E-state index contributed by atoms with van der Waals surface area (Å²) in [5.74, 6) is -3.35. The number of aryl methyl sites for hydroxylation is 2. The van der Waals surface area contributed by atoms with Gasteiger partial charge in [0.05, 0.1) is 33.5 Å². The molecule has 504 valence electrons. The van der Waals surface area contributed by atoms with Gasteiger partial charge in [-0.1, -0.05) is 74.5 Å². The van der Waals surface area contributed by atoms with Crippen molar-refractivity contribution in [2.45, 2.75) is 179 Å². The molecule has 4 aromatic carbocycles. The number of rotatable bonds is 36. The van der Waals surface area contributed by atoms with Crippen LogP contribution in [-0.2, 0) is 41.6 Å². The van der Waals surface area contributed by atoms with Gasteiger partial charge in [0, 0.05) is 37.0 Å². The lowest BCUT2D eigenvalue weighted by Crippen LogP contribution is -2.56. The minimum Gasteiger partial charge on any atom is -0.354 e. The number of nitrogens with zero attached hydrogens (tertiary/aromatic N) is 4. The van der Waals surface area contributed by atoms with Gasteiger partial charge in [-0.25, -0.2) is 0 Å². The second-order valence-electron chi connectivity index (χ2n) is 24.8. The molecule has 2 saturated heterocycles. The standard InChI is InChI=1S/C72H98N14O8/c1-3-55-53(43-51-41-47-23-11-13-25-49(47)45-61(51)79-55)71(93)85-39-19-31-63(85)69(91)83-59(67(89)81-57(29-15-17-33-73)65(87)77-37-21-35-75)27-9-7-5-6-8-10-28-60(68(90)82-58(30-16-18-34-74)66(88)78-38-22-36-76)84-70(92)64-32-20-40-86(64)72(94)54-44-52-42-48-24-12-14-26-50(48)46-62(52)80-56(54)4-2/h5-6,11-14,23-26,41-46,57-60,63-64H,3-4,7-10,15-22,27-40,73-76H2,1-2H3,(H,77,87)(H,78,88)(H,81,89)(H,82,90)(H,83,91)(H,84,92)/b6-5+/t57-,58-,59-,60-,63-,64-/m0/s1. The Bertz CT molecular complexity index is 3400. The number of allylic oxidation sites excluding steroid dienone is 2. The van der Waals surface area contributed by atoms with Crippen LogP contribution in [0.2, 0.25) is 0 Å². The zero-order chi connectivity index (χ0) is 66.9. The van der Waals surface area contributed by atoms with Gasteiger partial charge < -0.3 is 64.6 Å². The Labute approximate surface area is 551 Å². The molecule has 0 bridgehead atoms. The van der Waals surface area contributed by atoms with Gasteiger partial charge in [-0.05, 0) is 213 Å². The van der Waals surface area contributed by atoms with Crippen LogP contribution in [-0.4, -0.2) is 156 Å². The smallest absolute Gasteiger partial charge is 0.256 e. The molecule has 2 fully saturated rings. The molecular formula is C72H98N14O8. The van der Waals surface area contributed by atoms with Crippen LogP contribution in [0, 0.1) is 0 Å². The lowest BCUT2D eigenvalue weighted by molar-refractivity contribution is -0.133. The van der Waals surface area contributed by atoms with Gasteiger partial charge in [-0.3, -0.25) is 48.3 Å². The van der Waals surface area contributed by atoms with Crippen LogP contribution >= 0.6 is 0 Å². The minimum absolute atomic E-state index is 0.199. The Morgan fingerprint density at radius 2 is 0.819 bits per heavy atom. The van der Waals surface area contributed by atoms with Crippen LogP contribution < -0.4 is 54.8 Å². The molecule has 22 nitrogen and oxygen atoms in total. The Morgan fingerprint density at radius 3 is 1.19 bits per heavy atom. The van der Waals surface area contributed by atoms with Crippen molar-refractivity contribution < 1.29 is 38.4 Å². The first kappa shape index (κ1) is 71.4. The number of nitrogens with two attached hydrogens (primary N) is 4. The molecule has 2 aliphatic rings. The van der Waals surface area contributed by atoms with E-state index in [0.29, 0.717) is 190 Å². The molecule has 6 atom stereocenters. The number of nitrogens with one attached hydrogen (secondary N) is 6.